The summed E-state index contributed by atoms with van der Waals surface area (Å²) in [5, 5.41) is 25.6. The molecule has 1 aliphatic rings. The number of nitrogens with zero attached hydrogens (tertiary/aromatic N) is 5. The molecule has 14 heteroatoms. The Hall–Kier alpha value is -5.68. The Balaban J connectivity index is 1.46. The minimum atomic E-state index is -3.43. The number of benzene rings is 3. The predicted octanol–water partition coefficient (Wildman–Crippen LogP) is 4.90. The van der Waals surface area contributed by atoms with Gasteiger partial charge in [-0.2, -0.15) is 19.1 Å². The number of halogens is 3. The number of likely N-dealkylation sites (N-methyl/N-ethyl adjacent to an activating group) is 1. The number of nitrogens with one attached hydrogen (secondary N) is 1. The van der Waals surface area contributed by atoms with Crippen LogP contribution in [0.3, 0.4) is 0 Å². The summed E-state index contributed by atoms with van der Waals surface area (Å²) in [6.07, 6.45) is 1.20. The van der Waals surface area contributed by atoms with Crippen molar-refractivity contribution in [1.82, 2.24) is 14.7 Å². The molecule has 2 heterocycles. The fourth-order valence-electron chi connectivity index (χ4n) is 5.35. The molecule has 0 aliphatic carbocycles. The third kappa shape index (κ3) is 6.80. The van der Waals surface area contributed by atoms with Crippen LogP contribution < -0.4 is 15.0 Å². The molecule has 242 valence electrons. The highest BCUT2D eigenvalue weighted by Crippen LogP contribution is 2.37. The standard InChI is InChI=1S/C33H29F3N6O5/c1-40(14-13-29(43)44)18-26-19-41(25-10-6-23(7-11-25)33(35,36)22-4-8-24(34)9-5-22)32(46)30-27(17-38-42(26)30)39-31(45)20-3-12-28(47-2)21(15-20)16-37/h3-12,15,17,26H,13-14,18-19H2,1-2H3,(H,39,45)(H,43,44). The summed E-state index contributed by atoms with van der Waals surface area (Å²) in [5.41, 5.74) is -0.0925. The zero-order valence-electron chi connectivity index (χ0n) is 25.3. The fourth-order valence-corrected chi connectivity index (χ4v) is 5.35. The lowest BCUT2D eigenvalue weighted by Gasteiger charge is -2.36. The number of alkyl halides is 2. The number of carboxylic acids is 1. The van der Waals surface area contributed by atoms with E-state index < -0.39 is 41.1 Å². The van der Waals surface area contributed by atoms with E-state index >= 15 is 8.78 Å². The number of anilines is 2. The van der Waals surface area contributed by atoms with Gasteiger partial charge in [0.05, 0.1) is 43.6 Å². The Morgan fingerprint density at radius 2 is 1.79 bits per heavy atom. The summed E-state index contributed by atoms with van der Waals surface area (Å²) in [4.78, 5) is 41.5. The third-order valence-electron chi connectivity index (χ3n) is 7.79. The van der Waals surface area contributed by atoms with Crippen molar-refractivity contribution < 1.29 is 37.4 Å². The Bertz CT molecular complexity index is 1850. The molecule has 0 fully saturated rings. The topological polar surface area (TPSA) is 141 Å². The van der Waals surface area contributed by atoms with E-state index in [1.807, 2.05) is 6.07 Å². The van der Waals surface area contributed by atoms with Crippen molar-refractivity contribution in [3.63, 3.8) is 0 Å². The first kappa shape index (κ1) is 32.7. The van der Waals surface area contributed by atoms with Crippen molar-refractivity contribution >= 4 is 29.2 Å². The van der Waals surface area contributed by atoms with Gasteiger partial charge in [-0.25, -0.2) is 4.39 Å². The molecule has 0 bridgehead atoms. The van der Waals surface area contributed by atoms with E-state index in [0.29, 0.717) is 5.69 Å². The van der Waals surface area contributed by atoms with Gasteiger partial charge in [0, 0.05) is 35.5 Å². The molecule has 1 aliphatic heterocycles. The van der Waals surface area contributed by atoms with Crippen molar-refractivity contribution in [1.29, 1.82) is 5.26 Å². The van der Waals surface area contributed by atoms with Gasteiger partial charge in [-0.05, 0) is 61.6 Å². The number of ether oxygens (including phenoxy) is 1. The van der Waals surface area contributed by atoms with Crippen LogP contribution in [0.1, 0.15) is 50.0 Å². The fraction of sp³-hybridized carbons (Fsp3) is 0.242. The van der Waals surface area contributed by atoms with E-state index in [-0.39, 0.29) is 59.9 Å². The zero-order chi connectivity index (χ0) is 33.9. The normalized spacial score (nSPS) is 14.4. The highest BCUT2D eigenvalue weighted by molar-refractivity contribution is 6.13. The van der Waals surface area contributed by atoms with Gasteiger partial charge in [-0.3, -0.25) is 19.1 Å². The van der Waals surface area contributed by atoms with Gasteiger partial charge < -0.3 is 25.0 Å². The van der Waals surface area contributed by atoms with Crippen LogP contribution in [-0.4, -0.2) is 71.4 Å². The molecule has 0 saturated carbocycles. The van der Waals surface area contributed by atoms with E-state index in [9.17, 15) is 24.0 Å². The second-order valence-corrected chi connectivity index (χ2v) is 10.9. The van der Waals surface area contributed by atoms with Crippen molar-refractivity contribution in [3.05, 3.63) is 107 Å². The number of methoxy groups -OCH3 is 1. The molecule has 0 saturated heterocycles. The SMILES string of the molecule is COc1ccc(C(=O)Nc2cnn3c2C(=O)N(c2ccc(C(F)(F)c4ccc(F)cc4)cc2)CC3CN(C)CCC(=O)O)cc1C#N. The minimum absolute atomic E-state index is 0.0240. The lowest BCUT2D eigenvalue weighted by Crippen LogP contribution is -2.47. The molecule has 2 N–H and O–H groups in total. The highest BCUT2D eigenvalue weighted by Gasteiger charge is 2.38. The number of aliphatic carboxylic acids is 1. The van der Waals surface area contributed by atoms with Crippen LogP contribution in [0.5, 0.6) is 5.75 Å². The molecule has 11 nitrogen and oxygen atoms in total. The number of hydrogen-bond donors (Lipinski definition) is 2. The number of carbonyl (C=O) groups excluding carboxylic acids is 2. The average Bonchev–Trinajstić information content (AvgIpc) is 3.49. The van der Waals surface area contributed by atoms with Crippen LogP contribution in [0.15, 0.2) is 72.9 Å². The summed E-state index contributed by atoms with van der Waals surface area (Å²) in [6, 6.07) is 14.8. The second kappa shape index (κ2) is 13.4. The number of nitriles is 1. The molecule has 1 atom stereocenters. The second-order valence-electron chi connectivity index (χ2n) is 10.9. The first-order chi connectivity index (χ1) is 22.4. The summed E-state index contributed by atoms with van der Waals surface area (Å²) >= 11 is 0. The first-order valence-corrected chi connectivity index (χ1v) is 14.4. The monoisotopic (exact) mass is 646 g/mol. The van der Waals surface area contributed by atoms with Gasteiger partial charge >= 0.3 is 5.97 Å². The van der Waals surface area contributed by atoms with Crippen LogP contribution in [0, 0.1) is 17.1 Å². The summed E-state index contributed by atoms with van der Waals surface area (Å²) in [7, 11) is 3.12. The molecule has 5 rings (SSSR count). The molecule has 0 spiro atoms. The van der Waals surface area contributed by atoms with Gasteiger partial charge in [0.25, 0.3) is 17.7 Å². The van der Waals surface area contributed by atoms with Crippen molar-refractivity contribution in [3.8, 4) is 11.8 Å². The van der Waals surface area contributed by atoms with Gasteiger partial charge in [-0.15, -0.1) is 0 Å². The van der Waals surface area contributed by atoms with Gasteiger partial charge in [0.2, 0.25) is 0 Å². The number of fused-ring (bicyclic) bond motifs is 1. The largest absolute Gasteiger partial charge is 0.495 e. The number of amides is 2. The van der Waals surface area contributed by atoms with E-state index in [4.69, 9.17) is 9.84 Å². The number of carbonyl (C=O) groups is 3. The van der Waals surface area contributed by atoms with Crippen molar-refractivity contribution in [2.45, 2.75) is 18.4 Å². The Morgan fingerprint density at radius 3 is 2.40 bits per heavy atom. The average molecular weight is 647 g/mol. The Morgan fingerprint density at radius 1 is 1.13 bits per heavy atom. The Kier molecular flexibility index (Phi) is 9.29. The van der Waals surface area contributed by atoms with E-state index in [2.05, 4.69) is 10.4 Å². The summed E-state index contributed by atoms with van der Waals surface area (Å²) in [5.74, 6) is -5.94. The van der Waals surface area contributed by atoms with Crippen LogP contribution in [0.4, 0.5) is 24.5 Å². The van der Waals surface area contributed by atoms with Crippen LogP contribution in [0.2, 0.25) is 0 Å². The molecule has 47 heavy (non-hydrogen) atoms. The van der Waals surface area contributed by atoms with E-state index in [1.54, 1.807) is 11.9 Å². The van der Waals surface area contributed by atoms with Gasteiger partial charge in [-0.1, -0.05) is 12.1 Å². The quantitative estimate of drug-likeness (QED) is 0.235. The number of carboxylic acid groups (broad SMARTS) is 1. The maximum Gasteiger partial charge on any atom is 0.304 e. The molecule has 1 aromatic heterocycles. The van der Waals surface area contributed by atoms with E-state index in [0.717, 1.165) is 24.3 Å². The zero-order valence-corrected chi connectivity index (χ0v) is 25.3. The summed E-state index contributed by atoms with van der Waals surface area (Å²) < 4.78 is 50.4. The van der Waals surface area contributed by atoms with E-state index in [1.165, 1.54) is 65.4 Å². The maximum absolute atomic E-state index is 15.2. The lowest BCUT2D eigenvalue weighted by atomic mass is 9.99. The third-order valence-corrected chi connectivity index (χ3v) is 7.79. The van der Waals surface area contributed by atoms with Gasteiger partial charge in [0.15, 0.2) is 5.69 Å². The summed E-state index contributed by atoms with van der Waals surface area (Å²) in [6.45, 7) is 0.547. The predicted molar refractivity (Wildman–Crippen MR) is 164 cm³/mol. The Labute approximate surface area is 267 Å². The number of rotatable bonds is 11. The van der Waals surface area contributed by atoms with Crippen LogP contribution >= 0.6 is 0 Å². The molecule has 1 unspecified atom stereocenters. The van der Waals surface area contributed by atoms with Crippen molar-refractivity contribution in [2.24, 2.45) is 0 Å². The molecular weight excluding hydrogens is 617 g/mol. The maximum atomic E-state index is 15.2. The molecule has 2 amide bonds. The highest BCUT2D eigenvalue weighted by atomic mass is 19.3. The lowest BCUT2D eigenvalue weighted by molar-refractivity contribution is -0.137. The smallest absolute Gasteiger partial charge is 0.304 e. The molecule has 0 radical (unpaired) electrons. The number of hydrogen-bond acceptors (Lipinski definition) is 7. The molecule has 4 aromatic rings. The minimum Gasteiger partial charge on any atom is -0.495 e. The number of aromatic nitrogens is 2. The van der Waals surface area contributed by atoms with Gasteiger partial charge in [0.1, 0.15) is 17.6 Å². The van der Waals surface area contributed by atoms with Crippen LogP contribution in [0.25, 0.3) is 0 Å². The molecule has 3 aromatic carbocycles. The first-order valence-electron chi connectivity index (χ1n) is 14.4. The van der Waals surface area contributed by atoms with Crippen LogP contribution in [-0.2, 0) is 10.7 Å². The molecular formula is C33H29F3N6O5. The van der Waals surface area contributed by atoms with Crippen molar-refractivity contribution in [2.75, 3.05) is 44.0 Å².